The average molecular weight is 359 g/mol. The first-order valence-corrected chi connectivity index (χ1v) is 7.54. The Morgan fingerprint density at radius 1 is 1.52 bits per heavy atom. The highest BCUT2D eigenvalue weighted by molar-refractivity contribution is 6.02. The standard InChI is InChI=1S/C14H16F3N5O3/c1-22-10(5-8(21-22)7-25-14(15,16)17)13(23)18-12-6-9(19-20-12)11-3-2-4-24-11/h5-6,11H,2-4,7H2,1H3,(H2,18,19,20,23)/t11-/m0/s1. The van der Waals surface area contributed by atoms with E-state index in [4.69, 9.17) is 4.74 Å². The molecule has 25 heavy (non-hydrogen) atoms. The van der Waals surface area contributed by atoms with Crippen LogP contribution < -0.4 is 5.32 Å². The second-order valence-corrected chi connectivity index (χ2v) is 5.54. The third-order valence-electron chi connectivity index (χ3n) is 3.66. The molecule has 0 saturated carbocycles. The number of aromatic nitrogens is 4. The van der Waals surface area contributed by atoms with Gasteiger partial charge in [-0.3, -0.25) is 19.3 Å². The van der Waals surface area contributed by atoms with Gasteiger partial charge in [-0.1, -0.05) is 0 Å². The molecule has 1 amide bonds. The predicted octanol–water partition coefficient (Wildman–Crippen LogP) is 2.28. The summed E-state index contributed by atoms with van der Waals surface area (Å²) in [5, 5.41) is 13.2. The Morgan fingerprint density at radius 2 is 2.32 bits per heavy atom. The van der Waals surface area contributed by atoms with E-state index in [0.29, 0.717) is 12.4 Å². The summed E-state index contributed by atoms with van der Waals surface area (Å²) in [6.45, 7) is -0.0840. The molecule has 11 heteroatoms. The number of carbonyl (C=O) groups excluding carboxylic acids is 1. The van der Waals surface area contributed by atoms with Gasteiger partial charge in [0.15, 0.2) is 5.82 Å². The van der Waals surface area contributed by atoms with Gasteiger partial charge < -0.3 is 10.1 Å². The van der Waals surface area contributed by atoms with Crippen molar-refractivity contribution < 1.29 is 27.4 Å². The fourth-order valence-electron chi connectivity index (χ4n) is 2.53. The van der Waals surface area contributed by atoms with Gasteiger partial charge in [0.25, 0.3) is 5.91 Å². The van der Waals surface area contributed by atoms with Crippen LogP contribution in [-0.2, 0) is 23.1 Å². The molecule has 0 aliphatic carbocycles. The molecular formula is C14H16F3N5O3. The third-order valence-corrected chi connectivity index (χ3v) is 3.66. The minimum absolute atomic E-state index is 0.00736. The number of alkyl halides is 3. The van der Waals surface area contributed by atoms with Gasteiger partial charge in [0.1, 0.15) is 12.3 Å². The zero-order chi connectivity index (χ0) is 18.0. The topological polar surface area (TPSA) is 94.1 Å². The van der Waals surface area contributed by atoms with Gasteiger partial charge in [-0.15, -0.1) is 13.2 Å². The summed E-state index contributed by atoms with van der Waals surface area (Å²) in [4.78, 5) is 12.3. The highest BCUT2D eigenvalue weighted by atomic mass is 19.4. The number of H-pyrrole nitrogens is 1. The van der Waals surface area contributed by atoms with Crippen LogP contribution in [-0.4, -0.2) is 38.9 Å². The lowest BCUT2D eigenvalue weighted by Gasteiger charge is -2.04. The lowest BCUT2D eigenvalue weighted by Crippen LogP contribution is -2.16. The third kappa shape index (κ3) is 4.37. The maximum atomic E-state index is 12.3. The van der Waals surface area contributed by atoms with Crippen molar-refractivity contribution in [2.75, 3.05) is 11.9 Å². The molecule has 0 unspecified atom stereocenters. The summed E-state index contributed by atoms with van der Waals surface area (Å²) in [5.74, 6) is -0.247. The minimum Gasteiger partial charge on any atom is -0.372 e. The number of hydrogen-bond acceptors (Lipinski definition) is 5. The van der Waals surface area contributed by atoms with Crippen LogP contribution in [0.1, 0.15) is 40.8 Å². The first-order valence-electron chi connectivity index (χ1n) is 7.54. The minimum atomic E-state index is -4.76. The number of aryl methyl sites for hydroxylation is 1. The average Bonchev–Trinajstić information content (AvgIpc) is 3.23. The van der Waals surface area contributed by atoms with Crippen LogP contribution in [0, 0.1) is 0 Å². The Labute approximate surface area is 140 Å². The van der Waals surface area contributed by atoms with Crippen molar-refractivity contribution in [3.63, 3.8) is 0 Å². The zero-order valence-corrected chi connectivity index (χ0v) is 13.3. The molecule has 0 aromatic carbocycles. The number of amides is 1. The van der Waals surface area contributed by atoms with Crippen LogP contribution >= 0.6 is 0 Å². The molecule has 0 bridgehead atoms. The molecule has 3 rings (SSSR count). The normalized spacial score (nSPS) is 17.8. The summed E-state index contributed by atoms with van der Waals surface area (Å²) < 4.78 is 46.6. The highest BCUT2D eigenvalue weighted by Crippen LogP contribution is 2.28. The fourth-order valence-corrected chi connectivity index (χ4v) is 2.53. The van der Waals surface area contributed by atoms with Crippen molar-refractivity contribution in [1.29, 1.82) is 0 Å². The Morgan fingerprint density at radius 3 is 3.00 bits per heavy atom. The van der Waals surface area contributed by atoms with Crippen molar-refractivity contribution in [2.24, 2.45) is 7.05 Å². The molecule has 136 valence electrons. The summed E-state index contributed by atoms with van der Waals surface area (Å²) in [6.07, 6.45) is -2.99. The Kier molecular flexibility index (Phi) is 4.77. The van der Waals surface area contributed by atoms with E-state index in [9.17, 15) is 18.0 Å². The highest BCUT2D eigenvalue weighted by Gasteiger charge is 2.29. The van der Waals surface area contributed by atoms with Crippen LogP contribution in [0.15, 0.2) is 12.1 Å². The first-order chi connectivity index (χ1) is 11.8. The molecule has 1 aliphatic rings. The number of carbonyl (C=O) groups is 1. The summed E-state index contributed by atoms with van der Waals surface area (Å²) in [6, 6.07) is 2.90. The SMILES string of the molecule is Cn1nc(COC(F)(F)F)cc1C(=O)Nc1cc([C@@H]2CCCO2)[nH]n1. The first kappa shape index (κ1) is 17.4. The van der Waals surface area contributed by atoms with Gasteiger partial charge in [-0.2, -0.15) is 10.2 Å². The number of aromatic amines is 1. The zero-order valence-electron chi connectivity index (χ0n) is 13.3. The van der Waals surface area contributed by atoms with E-state index in [0.717, 1.165) is 18.5 Å². The van der Waals surface area contributed by atoms with Gasteiger partial charge >= 0.3 is 6.36 Å². The molecule has 0 radical (unpaired) electrons. The van der Waals surface area contributed by atoms with Crippen molar-refractivity contribution >= 4 is 11.7 Å². The van der Waals surface area contributed by atoms with Crippen LogP contribution in [0.3, 0.4) is 0 Å². The molecule has 0 spiro atoms. The van der Waals surface area contributed by atoms with Gasteiger partial charge in [0.05, 0.1) is 17.5 Å². The summed E-state index contributed by atoms with van der Waals surface area (Å²) in [7, 11) is 1.45. The molecule has 1 atom stereocenters. The fraction of sp³-hybridized carbons (Fsp3) is 0.500. The maximum Gasteiger partial charge on any atom is 0.522 e. The Bertz CT molecular complexity index is 749. The number of rotatable bonds is 5. The van der Waals surface area contributed by atoms with E-state index in [1.165, 1.54) is 17.8 Å². The molecule has 1 saturated heterocycles. The second kappa shape index (κ2) is 6.84. The molecule has 2 aromatic heterocycles. The van der Waals surface area contributed by atoms with E-state index in [1.54, 1.807) is 6.07 Å². The summed E-state index contributed by atoms with van der Waals surface area (Å²) >= 11 is 0. The van der Waals surface area contributed by atoms with Gasteiger partial charge in [-0.05, 0) is 18.9 Å². The molecule has 1 aliphatic heterocycles. The molecule has 8 nitrogen and oxygen atoms in total. The predicted molar refractivity (Wildman–Crippen MR) is 78.5 cm³/mol. The number of halogens is 3. The maximum absolute atomic E-state index is 12.3. The van der Waals surface area contributed by atoms with E-state index in [1.807, 2.05) is 0 Å². The quantitative estimate of drug-likeness (QED) is 0.854. The van der Waals surface area contributed by atoms with E-state index < -0.39 is 18.9 Å². The number of anilines is 1. The van der Waals surface area contributed by atoms with Gasteiger partial charge in [0.2, 0.25) is 0 Å². The molecule has 1 fully saturated rings. The number of ether oxygens (including phenoxy) is 2. The van der Waals surface area contributed by atoms with Crippen LogP contribution in [0.4, 0.5) is 19.0 Å². The smallest absolute Gasteiger partial charge is 0.372 e. The Balaban J connectivity index is 1.64. The number of nitrogens with zero attached hydrogens (tertiary/aromatic N) is 3. The van der Waals surface area contributed by atoms with Crippen LogP contribution in [0.5, 0.6) is 0 Å². The molecule has 2 aromatic rings. The number of nitrogens with one attached hydrogen (secondary N) is 2. The van der Waals surface area contributed by atoms with E-state index in [2.05, 4.69) is 25.3 Å². The largest absolute Gasteiger partial charge is 0.522 e. The van der Waals surface area contributed by atoms with Crippen molar-refractivity contribution in [3.8, 4) is 0 Å². The molecular weight excluding hydrogens is 343 g/mol. The van der Waals surface area contributed by atoms with Crippen molar-refractivity contribution in [2.45, 2.75) is 31.9 Å². The van der Waals surface area contributed by atoms with Crippen molar-refractivity contribution in [3.05, 3.63) is 29.2 Å². The van der Waals surface area contributed by atoms with E-state index >= 15 is 0 Å². The van der Waals surface area contributed by atoms with Crippen molar-refractivity contribution in [1.82, 2.24) is 20.0 Å². The lowest BCUT2D eigenvalue weighted by atomic mass is 10.2. The van der Waals surface area contributed by atoms with Crippen LogP contribution in [0.2, 0.25) is 0 Å². The second-order valence-electron chi connectivity index (χ2n) is 5.54. The van der Waals surface area contributed by atoms with Gasteiger partial charge in [0, 0.05) is 19.7 Å². The number of hydrogen-bond donors (Lipinski definition) is 2. The summed E-state index contributed by atoms with van der Waals surface area (Å²) in [5.41, 5.74) is 0.839. The van der Waals surface area contributed by atoms with Crippen LogP contribution in [0.25, 0.3) is 0 Å². The Hall–Kier alpha value is -2.40. The van der Waals surface area contributed by atoms with Gasteiger partial charge in [-0.25, -0.2) is 0 Å². The molecule has 2 N–H and O–H groups in total. The van der Waals surface area contributed by atoms with E-state index in [-0.39, 0.29) is 17.5 Å². The monoisotopic (exact) mass is 359 g/mol. The lowest BCUT2D eigenvalue weighted by molar-refractivity contribution is -0.330. The molecule has 3 heterocycles.